The lowest BCUT2D eigenvalue weighted by atomic mass is 10.1. The van der Waals surface area contributed by atoms with Crippen molar-refractivity contribution in [1.29, 1.82) is 0 Å². The molecule has 0 nitrogen and oxygen atoms in total. The third-order valence-corrected chi connectivity index (χ3v) is 4.97. The molecule has 1 unspecified atom stereocenters. The Morgan fingerprint density at radius 3 is 2.56 bits per heavy atom. The normalized spacial score (nSPS) is 12.8. The van der Waals surface area contributed by atoms with Gasteiger partial charge >= 0.3 is 0 Å². The van der Waals surface area contributed by atoms with E-state index in [4.69, 9.17) is 11.6 Å². The summed E-state index contributed by atoms with van der Waals surface area (Å²) in [5, 5.41) is -0.340. The van der Waals surface area contributed by atoms with Crippen LogP contribution in [0.1, 0.15) is 16.5 Å². The largest absolute Gasteiger partial charge is 0.207 e. The topological polar surface area (TPSA) is 0 Å². The Morgan fingerprint density at radius 1 is 1.25 bits per heavy atom. The lowest BCUT2D eigenvalue weighted by Crippen LogP contribution is -1.92. The summed E-state index contributed by atoms with van der Waals surface area (Å²) in [4.78, 5) is 0. The van der Waals surface area contributed by atoms with Crippen LogP contribution in [0.5, 0.6) is 0 Å². The van der Waals surface area contributed by atoms with Gasteiger partial charge in [-0.2, -0.15) is 0 Å². The van der Waals surface area contributed by atoms with Gasteiger partial charge in [0, 0.05) is 5.56 Å². The average Bonchev–Trinajstić information content (AvgIpc) is 2.57. The minimum absolute atomic E-state index is 0.270. The molecule has 2 aromatic rings. The van der Waals surface area contributed by atoms with E-state index in [1.165, 1.54) is 12.1 Å². The zero-order chi connectivity index (χ0) is 11.7. The minimum atomic E-state index is -0.340. The van der Waals surface area contributed by atoms with Crippen molar-refractivity contribution < 1.29 is 4.39 Å². The van der Waals surface area contributed by atoms with Gasteiger partial charge in [-0.3, -0.25) is 0 Å². The van der Waals surface area contributed by atoms with E-state index >= 15 is 0 Å². The van der Waals surface area contributed by atoms with Gasteiger partial charge in [0.15, 0.2) is 0 Å². The standard InChI is InChI=1S/C11H6Br2ClFS/c12-9-5-8(11(13)16-9)10(14)6-2-1-3-7(15)4-6/h1-5,10H. The van der Waals surface area contributed by atoms with Gasteiger partial charge in [-0.05, 0) is 55.6 Å². The molecule has 0 fully saturated rings. The van der Waals surface area contributed by atoms with E-state index in [1.54, 1.807) is 17.4 Å². The molecule has 0 aliphatic carbocycles. The number of thiophene rings is 1. The highest BCUT2D eigenvalue weighted by atomic mass is 79.9. The molecule has 0 amide bonds. The second-order valence-electron chi connectivity index (χ2n) is 3.20. The van der Waals surface area contributed by atoms with Crippen LogP contribution in [0.2, 0.25) is 0 Å². The van der Waals surface area contributed by atoms with E-state index in [0.717, 1.165) is 18.7 Å². The van der Waals surface area contributed by atoms with Gasteiger partial charge in [0.1, 0.15) is 5.82 Å². The van der Waals surface area contributed by atoms with Crippen LogP contribution in [0.3, 0.4) is 0 Å². The Hall–Kier alpha value is 0.1000. The molecule has 84 valence electrons. The number of alkyl halides is 1. The van der Waals surface area contributed by atoms with Crippen LogP contribution in [-0.2, 0) is 0 Å². The number of halogens is 4. The Bertz CT molecular complexity index is 512. The molecule has 0 N–H and O–H groups in total. The fourth-order valence-corrected chi connectivity index (χ4v) is 4.78. The first-order valence-electron chi connectivity index (χ1n) is 4.42. The van der Waals surface area contributed by atoms with Gasteiger partial charge in [0.2, 0.25) is 0 Å². The first-order chi connectivity index (χ1) is 7.58. The minimum Gasteiger partial charge on any atom is -0.207 e. The van der Waals surface area contributed by atoms with Crippen molar-refractivity contribution in [2.24, 2.45) is 0 Å². The number of hydrogen-bond donors (Lipinski definition) is 0. The third-order valence-electron chi connectivity index (χ3n) is 2.10. The molecule has 1 aromatic carbocycles. The molecule has 1 atom stereocenters. The predicted molar refractivity (Wildman–Crippen MR) is 73.8 cm³/mol. The van der Waals surface area contributed by atoms with Crippen molar-refractivity contribution in [1.82, 2.24) is 0 Å². The van der Waals surface area contributed by atoms with Crippen LogP contribution in [0.15, 0.2) is 37.9 Å². The smallest absolute Gasteiger partial charge is 0.123 e. The molecule has 0 saturated heterocycles. The average molecular weight is 384 g/mol. The summed E-state index contributed by atoms with van der Waals surface area (Å²) < 4.78 is 15.0. The van der Waals surface area contributed by atoms with Gasteiger partial charge < -0.3 is 0 Å². The lowest BCUT2D eigenvalue weighted by molar-refractivity contribution is 0.626. The van der Waals surface area contributed by atoms with E-state index in [2.05, 4.69) is 31.9 Å². The third kappa shape index (κ3) is 2.67. The molecular weight excluding hydrogens is 378 g/mol. The quantitative estimate of drug-likeness (QED) is 0.579. The molecule has 16 heavy (non-hydrogen) atoms. The van der Waals surface area contributed by atoms with Gasteiger partial charge in [-0.15, -0.1) is 22.9 Å². The highest BCUT2D eigenvalue weighted by Gasteiger charge is 2.17. The molecule has 0 spiro atoms. The zero-order valence-corrected chi connectivity index (χ0v) is 12.6. The van der Waals surface area contributed by atoms with E-state index in [9.17, 15) is 4.39 Å². The number of rotatable bonds is 2. The van der Waals surface area contributed by atoms with Crippen molar-refractivity contribution in [2.75, 3.05) is 0 Å². The fourth-order valence-electron chi connectivity index (χ4n) is 1.37. The lowest BCUT2D eigenvalue weighted by Gasteiger charge is -2.08. The van der Waals surface area contributed by atoms with Crippen LogP contribution < -0.4 is 0 Å². The second kappa shape index (κ2) is 5.17. The van der Waals surface area contributed by atoms with Gasteiger partial charge in [-0.25, -0.2) is 4.39 Å². The SMILES string of the molecule is Fc1cccc(C(Cl)c2cc(Br)sc2Br)c1. The van der Waals surface area contributed by atoms with Crippen LogP contribution >= 0.6 is 54.8 Å². The van der Waals surface area contributed by atoms with E-state index < -0.39 is 0 Å². The summed E-state index contributed by atoms with van der Waals surface area (Å²) in [5.41, 5.74) is 1.71. The van der Waals surface area contributed by atoms with E-state index in [1.807, 2.05) is 12.1 Å². The van der Waals surface area contributed by atoms with Gasteiger partial charge in [-0.1, -0.05) is 12.1 Å². The first kappa shape index (κ1) is 12.6. The van der Waals surface area contributed by atoms with E-state index in [-0.39, 0.29) is 11.2 Å². The zero-order valence-electron chi connectivity index (χ0n) is 7.88. The molecule has 0 aliphatic rings. The van der Waals surface area contributed by atoms with Crippen LogP contribution in [0, 0.1) is 5.82 Å². The molecular formula is C11H6Br2ClFS. The van der Waals surface area contributed by atoms with Crippen LogP contribution in [0.25, 0.3) is 0 Å². The van der Waals surface area contributed by atoms with Crippen molar-refractivity contribution in [2.45, 2.75) is 5.38 Å². The fraction of sp³-hybridized carbons (Fsp3) is 0.0909. The molecule has 2 rings (SSSR count). The van der Waals surface area contributed by atoms with Crippen LogP contribution in [-0.4, -0.2) is 0 Å². The summed E-state index contributed by atoms with van der Waals surface area (Å²) in [7, 11) is 0. The maximum absolute atomic E-state index is 13.1. The molecule has 0 aliphatic heterocycles. The number of benzene rings is 1. The Labute approximate surface area is 119 Å². The first-order valence-corrected chi connectivity index (χ1v) is 7.26. The molecule has 1 aromatic heterocycles. The summed E-state index contributed by atoms with van der Waals surface area (Å²) in [6.45, 7) is 0. The maximum atomic E-state index is 13.1. The summed E-state index contributed by atoms with van der Waals surface area (Å²) >= 11 is 14.7. The van der Waals surface area contributed by atoms with Crippen molar-refractivity contribution in [3.05, 3.63) is 54.8 Å². The molecule has 1 heterocycles. The highest BCUT2D eigenvalue weighted by Crippen LogP contribution is 2.40. The molecule has 0 bridgehead atoms. The van der Waals surface area contributed by atoms with Gasteiger partial charge in [0.05, 0.1) is 12.9 Å². The van der Waals surface area contributed by atoms with E-state index in [0.29, 0.717) is 0 Å². The number of hydrogen-bond acceptors (Lipinski definition) is 1. The monoisotopic (exact) mass is 382 g/mol. The van der Waals surface area contributed by atoms with Crippen molar-refractivity contribution >= 4 is 54.8 Å². The van der Waals surface area contributed by atoms with Crippen LogP contribution in [0.4, 0.5) is 4.39 Å². The van der Waals surface area contributed by atoms with Crippen molar-refractivity contribution in [3.63, 3.8) is 0 Å². The maximum Gasteiger partial charge on any atom is 0.123 e. The highest BCUT2D eigenvalue weighted by molar-refractivity contribution is 9.12. The Kier molecular flexibility index (Phi) is 4.06. The van der Waals surface area contributed by atoms with Crippen molar-refractivity contribution in [3.8, 4) is 0 Å². The summed E-state index contributed by atoms with van der Waals surface area (Å²) in [5.74, 6) is -0.270. The second-order valence-corrected chi connectivity index (χ2v) is 7.38. The Balaban J connectivity index is 2.38. The molecule has 0 radical (unpaired) electrons. The summed E-state index contributed by atoms with van der Waals surface area (Å²) in [6.07, 6.45) is 0. The predicted octanol–water partition coefficient (Wildman–Crippen LogP) is 5.74. The Morgan fingerprint density at radius 2 is 2.00 bits per heavy atom. The van der Waals surface area contributed by atoms with Gasteiger partial charge in [0.25, 0.3) is 0 Å². The summed E-state index contributed by atoms with van der Waals surface area (Å²) in [6, 6.07) is 8.28. The molecule has 0 saturated carbocycles. The molecule has 5 heteroatoms.